The van der Waals surface area contributed by atoms with Gasteiger partial charge in [-0.2, -0.15) is 0 Å². The summed E-state index contributed by atoms with van der Waals surface area (Å²) in [4.78, 5) is 22.8. The average Bonchev–Trinajstić information content (AvgIpc) is 3.13. The second-order valence-electron chi connectivity index (χ2n) is 4.23. The number of carboxylic acids is 1. The zero-order valence-electron chi connectivity index (χ0n) is 9.32. The third-order valence-corrected chi connectivity index (χ3v) is 3.97. The summed E-state index contributed by atoms with van der Waals surface area (Å²) in [5.74, 6) is -1.31. The Morgan fingerprint density at radius 3 is 2.61 bits per heavy atom. The predicted molar refractivity (Wildman–Crippen MR) is 70.4 cm³/mol. The van der Waals surface area contributed by atoms with Gasteiger partial charge in [0, 0.05) is 10.4 Å². The molecule has 0 heterocycles. The van der Waals surface area contributed by atoms with Crippen LogP contribution in [0.5, 0.6) is 0 Å². The Kier molecular flexibility index (Phi) is 3.92. The molecule has 1 aromatic rings. The average molecular weight is 333 g/mol. The van der Waals surface area contributed by atoms with Crippen molar-refractivity contribution in [1.29, 1.82) is 0 Å². The van der Waals surface area contributed by atoms with Crippen LogP contribution in [0.25, 0.3) is 0 Å². The summed E-state index contributed by atoms with van der Waals surface area (Å²) in [5.41, 5.74) is 0.493. The van der Waals surface area contributed by atoms with Gasteiger partial charge in [0.2, 0.25) is 5.91 Å². The maximum absolute atomic E-state index is 11.6. The zero-order valence-corrected chi connectivity index (χ0v) is 11.7. The van der Waals surface area contributed by atoms with Crippen LogP contribution >= 0.6 is 27.5 Å². The normalized spacial score (nSPS) is 16.1. The minimum absolute atomic E-state index is 0.0254. The van der Waals surface area contributed by atoms with Crippen molar-refractivity contribution in [2.75, 3.05) is 0 Å². The van der Waals surface area contributed by atoms with Gasteiger partial charge in [0.15, 0.2) is 6.04 Å². The van der Waals surface area contributed by atoms with E-state index in [4.69, 9.17) is 11.6 Å². The molecule has 1 amide bonds. The van der Waals surface area contributed by atoms with E-state index < -0.39 is 12.0 Å². The quantitative estimate of drug-likeness (QED) is 0.891. The molecule has 1 aliphatic carbocycles. The first-order valence-electron chi connectivity index (χ1n) is 5.47. The summed E-state index contributed by atoms with van der Waals surface area (Å²) in [7, 11) is 0. The van der Waals surface area contributed by atoms with E-state index in [-0.39, 0.29) is 11.8 Å². The van der Waals surface area contributed by atoms with Gasteiger partial charge in [-0.25, -0.2) is 4.79 Å². The standard InChI is InChI=1S/C12H11BrClNO3/c13-8-5-7(3-4-9(8)14)10(12(17)18)15-11(16)6-1-2-6/h3-6,10H,1-2H2,(H,15,16)(H,17,18). The van der Waals surface area contributed by atoms with Gasteiger partial charge >= 0.3 is 5.97 Å². The lowest BCUT2D eigenvalue weighted by molar-refractivity contribution is -0.142. The minimum Gasteiger partial charge on any atom is -0.479 e. The summed E-state index contributed by atoms with van der Waals surface area (Å²) >= 11 is 9.08. The van der Waals surface area contributed by atoms with Gasteiger partial charge in [0.25, 0.3) is 0 Å². The maximum Gasteiger partial charge on any atom is 0.330 e. The largest absolute Gasteiger partial charge is 0.479 e. The molecule has 1 aromatic carbocycles. The smallest absolute Gasteiger partial charge is 0.330 e. The molecule has 0 bridgehead atoms. The minimum atomic E-state index is -1.08. The van der Waals surface area contributed by atoms with E-state index in [1.807, 2.05) is 0 Å². The predicted octanol–water partition coefficient (Wildman–Crippen LogP) is 2.75. The molecule has 1 fully saturated rings. The van der Waals surface area contributed by atoms with E-state index in [2.05, 4.69) is 21.2 Å². The molecule has 0 radical (unpaired) electrons. The van der Waals surface area contributed by atoms with Crippen LogP contribution < -0.4 is 5.32 Å². The molecule has 1 aliphatic rings. The number of amides is 1. The highest BCUT2D eigenvalue weighted by Crippen LogP contribution is 2.31. The van der Waals surface area contributed by atoms with Crippen molar-refractivity contribution in [1.82, 2.24) is 5.32 Å². The van der Waals surface area contributed by atoms with Crippen LogP contribution in [-0.2, 0) is 9.59 Å². The first kappa shape index (κ1) is 13.4. The third kappa shape index (κ3) is 3.03. The lowest BCUT2D eigenvalue weighted by Crippen LogP contribution is -2.34. The fourth-order valence-electron chi connectivity index (χ4n) is 1.59. The maximum atomic E-state index is 11.6. The highest BCUT2D eigenvalue weighted by Gasteiger charge is 2.33. The van der Waals surface area contributed by atoms with E-state index in [9.17, 15) is 14.7 Å². The zero-order chi connectivity index (χ0) is 13.3. The number of aliphatic carboxylic acids is 1. The van der Waals surface area contributed by atoms with E-state index >= 15 is 0 Å². The Bertz CT molecular complexity index is 502. The van der Waals surface area contributed by atoms with Gasteiger partial charge in [-0.3, -0.25) is 4.79 Å². The van der Waals surface area contributed by atoms with Crippen molar-refractivity contribution in [3.05, 3.63) is 33.3 Å². The van der Waals surface area contributed by atoms with Gasteiger partial charge in [-0.15, -0.1) is 0 Å². The van der Waals surface area contributed by atoms with Crippen molar-refractivity contribution < 1.29 is 14.7 Å². The molecule has 6 heteroatoms. The number of benzene rings is 1. The SMILES string of the molecule is O=C(NC(C(=O)O)c1ccc(Cl)c(Br)c1)C1CC1. The molecular formula is C12H11BrClNO3. The van der Waals surface area contributed by atoms with E-state index in [0.717, 1.165) is 12.8 Å². The fourth-order valence-corrected chi connectivity index (χ4v) is 2.10. The van der Waals surface area contributed by atoms with Gasteiger partial charge in [0.1, 0.15) is 0 Å². The Labute approximate surface area is 117 Å². The van der Waals surface area contributed by atoms with Gasteiger partial charge in [-0.05, 0) is 46.5 Å². The summed E-state index contributed by atoms with van der Waals surface area (Å²) in [6.45, 7) is 0. The number of hydrogen-bond donors (Lipinski definition) is 2. The molecule has 0 aliphatic heterocycles. The Morgan fingerprint density at radius 2 is 2.11 bits per heavy atom. The van der Waals surface area contributed by atoms with Crippen LogP contribution in [0.2, 0.25) is 5.02 Å². The first-order chi connectivity index (χ1) is 8.49. The molecule has 96 valence electrons. The third-order valence-electron chi connectivity index (χ3n) is 2.76. The fraction of sp³-hybridized carbons (Fsp3) is 0.333. The summed E-state index contributed by atoms with van der Waals surface area (Å²) in [6.07, 6.45) is 1.67. The molecule has 18 heavy (non-hydrogen) atoms. The van der Waals surface area contributed by atoms with Crippen LogP contribution in [0, 0.1) is 5.92 Å². The Balaban J connectivity index is 2.20. The van der Waals surface area contributed by atoms with Crippen LogP contribution in [0.1, 0.15) is 24.4 Å². The summed E-state index contributed by atoms with van der Waals surface area (Å²) < 4.78 is 0.605. The number of carbonyl (C=O) groups is 2. The van der Waals surface area contributed by atoms with Crippen LogP contribution in [0.4, 0.5) is 0 Å². The van der Waals surface area contributed by atoms with Gasteiger partial charge in [0.05, 0.1) is 5.02 Å². The molecule has 4 nitrogen and oxygen atoms in total. The molecular weight excluding hydrogens is 321 g/mol. The Hall–Kier alpha value is -1.07. The number of nitrogens with one attached hydrogen (secondary N) is 1. The lowest BCUT2D eigenvalue weighted by Gasteiger charge is -2.15. The van der Waals surface area contributed by atoms with E-state index in [1.54, 1.807) is 18.2 Å². The first-order valence-corrected chi connectivity index (χ1v) is 6.64. The van der Waals surface area contributed by atoms with Crippen LogP contribution in [-0.4, -0.2) is 17.0 Å². The Morgan fingerprint density at radius 1 is 1.44 bits per heavy atom. The highest BCUT2D eigenvalue weighted by molar-refractivity contribution is 9.10. The van der Waals surface area contributed by atoms with Crippen molar-refractivity contribution in [3.63, 3.8) is 0 Å². The summed E-state index contributed by atoms with van der Waals surface area (Å²) in [5, 5.41) is 12.2. The number of rotatable bonds is 4. The molecule has 1 atom stereocenters. The van der Waals surface area contributed by atoms with Crippen molar-refractivity contribution in [2.24, 2.45) is 5.92 Å². The number of halogens is 2. The van der Waals surface area contributed by atoms with E-state index in [1.165, 1.54) is 0 Å². The van der Waals surface area contributed by atoms with E-state index in [0.29, 0.717) is 15.1 Å². The molecule has 1 saturated carbocycles. The molecule has 0 spiro atoms. The second kappa shape index (κ2) is 5.28. The topological polar surface area (TPSA) is 66.4 Å². The second-order valence-corrected chi connectivity index (χ2v) is 5.49. The van der Waals surface area contributed by atoms with Crippen LogP contribution in [0.3, 0.4) is 0 Å². The summed E-state index contributed by atoms with van der Waals surface area (Å²) in [6, 6.07) is 3.76. The highest BCUT2D eigenvalue weighted by atomic mass is 79.9. The molecule has 2 rings (SSSR count). The monoisotopic (exact) mass is 331 g/mol. The lowest BCUT2D eigenvalue weighted by atomic mass is 10.1. The number of carboxylic acid groups (broad SMARTS) is 1. The number of hydrogen-bond acceptors (Lipinski definition) is 2. The molecule has 1 unspecified atom stereocenters. The molecule has 0 saturated heterocycles. The van der Waals surface area contributed by atoms with Crippen molar-refractivity contribution in [2.45, 2.75) is 18.9 Å². The molecule has 2 N–H and O–H groups in total. The van der Waals surface area contributed by atoms with Crippen molar-refractivity contribution in [3.8, 4) is 0 Å². The number of carbonyl (C=O) groups excluding carboxylic acids is 1. The van der Waals surface area contributed by atoms with Crippen molar-refractivity contribution >= 4 is 39.4 Å². The molecule has 0 aromatic heterocycles. The van der Waals surface area contributed by atoms with Gasteiger partial charge in [-0.1, -0.05) is 17.7 Å². The van der Waals surface area contributed by atoms with Gasteiger partial charge < -0.3 is 10.4 Å². The van der Waals surface area contributed by atoms with Crippen LogP contribution in [0.15, 0.2) is 22.7 Å².